The molecule has 1 unspecified atom stereocenters. The fourth-order valence-corrected chi connectivity index (χ4v) is 3.22. The van der Waals surface area contributed by atoms with E-state index in [0.717, 1.165) is 0 Å². The Labute approximate surface area is 154 Å². The van der Waals surface area contributed by atoms with Crippen molar-refractivity contribution < 1.29 is 18.1 Å². The molecule has 1 atom stereocenters. The second-order valence-corrected chi connectivity index (χ2v) is 6.73. The van der Waals surface area contributed by atoms with Crippen LogP contribution in [-0.2, 0) is 4.79 Å². The molecule has 2 aromatic heterocycles. The fourth-order valence-electron chi connectivity index (χ4n) is 2.74. The summed E-state index contributed by atoms with van der Waals surface area (Å²) >= 11 is 9.00. The number of amides is 1. The number of anilines is 1. The van der Waals surface area contributed by atoms with Crippen LogP contribution in [0.25, 0.3) is 11.7 Å². The summed E-state index contributed by atoms with van der Waals surface area (Å²) in [6.07, 6.45) is 0.159. The topological polar surface area (TPSA) is 72.4 Å². The molecule has 0 spiro atoms. The Morgan fingerprint density at radius 2 is 2.16 bits per heavy atom. The van der Waals surface area contributed by atoms with E-state index in [1.807, 2.05) is 0 Å². The molecular formula is C16H10BrClFN3O3. The SMILES string of the molecule is O=C1CC(c2noc(-c3ccc(Br)o3)n2)CN1c1cccc(Cl)c1F. The Bertz CT molecular complexity index is 958. The number of hydrogen-bond acceptors (Lipinski definition) is 5. The lowest BCUT2D eigenvalue weighted by Gasteiger charge is -2.17. The van der Waals surface area contributed by atoms with Gasteiger partial charge < -0.3 is 13.8 Å². The number of carbonyl (C=O) groups is 1. The summed E-state index contributed by atoms with van der Waals surface area (Å²) in [6, 6.07) is 7.95. The maximum absolute atomic E-state index is 14.2. The molecular weight excluding hydrogens is 417 g/mol. The average molecular weight is 427 g/mol. The standard InChI is InChI=1S/C16H10BrClFN3O3/c17-12-5-4-11(24-12)16-20-15(21-25-16)8-6-13(23)22(7-8)10-3-1-2-9(18)14(10)19/h1-5,8H,6-7H2. The van der Waals surface area contributed by atoms with E-state index in [1.165, 1.54) is 17.0 Å². The molecule has 6 nitrogen and oxygen atoms in total. The highest BCUT2D eigenvalue weighted by Gasteiger charge is 2.36. The van der Waals surface area contributed by atoms with Crippen molar-refractivity contribution in [1.82, 2.24) is 10.1 Å². The third-order valence-electron chi connectivity index (χ3n) is 3.94. The summed E-state index contributed by atoms with van der Waals surface area (Å²) in [5.74, 6) is -0.124. The van der Waals surface area contributed by atoms with Crippen LogP contribution in [-0.4, -0.2) is 22.6 Å². The van der Waals surface area contributed by atoms with Gasteiger partial charge in [-0.05, 0) is 40.2 Å². The van der Waals surface area contributed by atoms with Gasteiger partial charge in [-0.1, -0.05) is 22.8 Å². The van der Waals surface area contributed by atoms with Gasteiger partial charge in [-0.25, -0.2) is 4.39 Å². The molecule has 0 saturated carbocycles. The lowest BCUT2D eigenvalue weighted by molar-refractivity contribution is -0.117. The fraction of sp³-hybridized carbons (Fsp3) is 0.188. The normalized spacial score (nSPS) is 17.5. The Morgan fingerprint density at radius 1 is 1.32 bits per heavy atom. The van der Waals surface area contributed by atoms with Crippen LogP contribution < -0.4 is 4.90 Å². The van der Waals surface area contributed by atoms with Crippen LogP contribution in [0.5, 0.6) is 0 Å². The first kappa shape index (κ1) is 16.3. The smallest absolute Gasteiger partial charge is 0.293 e. The second kappa shape index (κ2) is 6.27. The van der Waals surface area contributed by atoms with Crippen molar-refractivity contribution in [2.24, 2.45) is 0 Å². The maximum Gasteiger partial charge on any atom is 0.293 e. The summed E-state index contributed by atoms with van der Waals surface area (Å²) in [6.45, 7) is 0.247. The monoisotopic (exact) mass is 425 g/mol. The van der Waals surface area contributed by atoms with Gasteiger partial charge >= 0.3 is 0 Å². The van der Waals surface area contributed by atoms with E-state index < -0.39 is 5.82 Å². The summed E-state index contributed by atoms with van der Waals surface area (Å²) < 4.78 is 25.3. The Hall–Kier alpha value is -2.19. The van der Waals surface area contributed by atoms with Gasteiger partial charge in [0.2, 0.25) is 5.91 Å². The van der Waals surface area contributed by atoms with Crippen LogP contribution in [0.3, 0.4) is 0 Å². The third-order valence-corrected chi connectivity index (χ3v) is 4.66. The first-order valence-corrected chi connectivity index (χ1v) is 8.53. The van der Waals surface area contributed by atoms with Crippen molar-refractivity contribution in [3.8, 4) is 11.7 Å². The van der Waals surface area contributed by atoms with E-state index in [4.69, 9.17) is 20.5 Å². The van der Waals surface area contributed by atoms with Gasteiger partial charge in [0, 0.05) is 18.9 Å². The highest BCUT2D eigenvalue weighted by atomic mass is 79.9. The van der Waals surface area contributed by atoms with Crippen molar-refractivity contribution in [3.63, 3.8) is 0 Å². The van der Waals surface area contributed by atoms with Gasteiger partial charge in [-0.15, -0.1) is 0 Å². The Balaban J connectivity index is 1.58. The first-order valence-electron chi connectivity index (χ1n) is 7.36. The van der Waals surface area contributed by atoms with Gasteiger partial charge in [-0.2, -0.15) is 4.98 Å². The first-order chi connectivity index (χ1) is 12.0. The highest BCUT2D eigenvalue weighted by Crippen LogP contribution is 2.34. The molecule has 0 radical (unpaired) electrons. The van der Waals surface area contributed by atoms with Gasteiger partial charge in [0.15, 0.2) is 22.1 Å². The van der Waals surface area contributed by atoms with E-state index in [1.54, 1.807) is 18.2 Å². The van der Waals surface area contributed by atoms with Gasteiger partial charge in [-0.3, -0.25) is 4.79 Å². The lowest BCUT2D eigenvalue weighted by atomic mass is 10.1. The minimum Gasteiger partial charge on any atom is -0.444 e. The molecule has 3 aromatic rings. The predicted molar refractivity (Wildman–Crippen MR) is 90.8 cm³/mol. The zero-order valence-electron chi connectivity index (χ0n) is 12.6. The van der Waals surface area contributed by atoms with Gasteiger partial charge in [0.1, 0.15) is 0 Å². The van der Waals surface area contributed by atoms with E-state index in [-0.39, 0.29) is 41.4 Å². The molecule has 0 N–H and O–H groups in total. The quantitative estimate of drug-likeness (QED) is 0.620. The van der Waals surface area contributed by atoms with Crippen LogP contribution >= 0.6 is 27.5 Å². The number of benzene rings is 1. The molecule has 1 aromatic carbocycles. The Morgan fingerprint density at radius 3 is 2.92 bits per heavy atom. The summed E-state index contributed by atoms with van der Waals surface area (Å²) in [5, 5.41) is 3.90. The van der Waals surface area contributed by atoms with Crippen molar-refractivity contribution in [3.05, 3.63) is 51.7 Å². The second-order valence-electron chi connectivity index (χ2n) is 5.54. The van der Waals surface area contributed by atoms with Crippen molar-refractivity contribution >= 4 is 39.1 Å². The van der Waals surface area contributed by atoms with E-state index >= 15 is 0 Å². The lowest BCUT2D eigenvalue weighted by Crippen LogP contribution is -2.25. The molecule has 3 heterocycles. The predicted octanol–water partition coefficient (Wildman–Crippen LogP) is 4.41. The molecule has 128 valence electrons. The number of furan rings is 1. The molecule has 1 amide bonds. The van der Waals surface area contributed by atoms with Crippen molar-refractivity contribution in [1.29, 1.82) is 0 Å². The summed E-state index contributed by atoms with van der Waals surface area (Å²) in [4.78, 5) is 17.9. The summed E-state index contributed by atoms with van der Waals surface area (Å²) in [5.41, 5.74) is 0.152. The number of nitrogens with zero attached hydrogens (tertiary/aromatic N) is 3. The van der Waals surface area contributed by atoms with Crippen LogP contribution in [0.1, 0.15) is 18.2 Å². The molecule has 1 saturated heterocycles. The van der Waals surface area contributed by atoms with Crippen LogP contribution in [0.2, 0.25) is 5.02 Å². The van der Waals surface area contributed by atoms with Crippen LogP contribution in [0.4, 0.5) is 10.1 Å². The average Bonchev–Trinajstić information content (AvgIpc) is 3.29. The molecule has 1 fully saturated rings. The van der Waals surface area contributed by atoms with Crippen molar-refractivity contribution in [2.75, 3.05) is 11.4 Å². The number of hydrogen-bond donors (Lipinski definition) is 0. The summed E-state index contributed by atoms with van der Waals surface area (Å²) in [7, 11) is 0. The molecule has 9 heteroatoms. The number of carbonyl (C=O) groups excluding carboxylic acids is 1. The van der Waals surface area contributed by atoms with Gasteiger partial charge in [0.25, 0.3) is 5.89 Å². The molecule has 1 aliphatic heterocycles. The maximum atomic E-state index is 14.2. The van der Waals surface area contributed by atoms with E-state index in [0.29, 0.717) is 16.3 Å². The van der Waals surface area contributed by atoms with Crippen LogP contribution in [0.15, 0.2) is 43.9 Å². The largest absolute Gasteiger partial charge is 0.444 e. The molecule has 0 aliphatic carbocycles. The highest BCUT2D eigenvalue weighted by molar-refractivity contribution is 9.10. The number of aromatic nitrogens is 2. The minimum absolute atomic E-state index is 0.0287. The molecule has 4 rings (SSSR count). The molecule has 25 heavy (non-hydrogen) atoms. The third kappa shape index (κ3) is 2.96. The van der Waals surface area contributed by atoms with E-state index in [2.05, 4.69) is 26.1 Å². The van der Waals surface area contributed by atoms with Crippen LogP contribution in [0, 0.1) is 5.82 Å². The van der Waals surface area contributed by atoms with Crippen molar-refractivity contribution in [2.45, 2.75) is 12.3 Å². The molecule has 1 aliphatic rings. The number of halogens is 3. The Kier molecular flexibility index (Phi) is 4.09. The number of rotatable bonds is 3. The van der Waals surface area contributed by atoms with Gasteiger partial charge in [0.05, 0.1) is 10.7 Å². The molecule has 0 bridgehead atoms. The minimum atomic E-state index is -0.618. The zero-order valence-corrected chi connectivity index (χ0v) is 14.9. The zero-order chi connectivity index (χ0) is 17.6. The van der Waals surface area contributed by atoms with E-state index in [9.17, 15) is 9.18 Å².